The number of Topliss-reactive ketones (excluding diaryl/α,β-unsaturated/α-hetero) is 1. The second-order valence-electron chi connectivity index (χ2n) is 14.1. The lowest BCUT2D eigenvalue weighted by molar-refractivity contribution is -0.172. The van der Waals surface area contributed by atoms with Crippen LogP contribution in [-0.2, 0) is 57.8 Å². The lowest BCUT2D eigenvalue weighted by atomic mass is 9.86. The molecule has 0 fully saturated rings. The smallest absolute Gasteiger partial charge is 0.415 e. The second kappa shape index (κ2) is 14.1. The van der Waals surface area contributed by atoms with E-state index in [0.717, 1.165) is 22.6 Å². The average Bonchev–Trinajstić information content (AvgIpc) is 3.68. The van der Waals surface area contributed by atoms with Crippen LogP contribution in [0, 0.1) is 6.92 Å². The highest BCUT2D eigenvalue weighted by molar-refractivity contribution is 6.24. The summed E-state index contributed by atoms with van der Waals surface area (Å²) in [6, 6.07) is 6.74. The highest BCUT2D eigenvalue weighted by Crippen LogP contribution is 2.41. The van der Waals surface area contributed by atoms with Crippen LogP contribution in [0.3, 0.4) is 0 Å². The van der Waals surface area contributed by atoms with E-state index < -0.39 is 29.5 Å². The van der Waals surface area contributed by atoms with Crippen molar-refractivity contribution in [2.45, 2.75) is 59.0 Å². The van der Waals surface area contributed by atoms with E-state index in [1.807, 2.05) is 6.92 Å². The Hall–Kier alpha value is -6.29. The molecule has 0 unspecified atom stereocenters. The number of ketones is 2. The number of allylic oxidation sites excluding steroid dienone is 2. The van der Waals surface area contributed by atoms with E-state index in [1.54, 1.807) is 54.3 Å². The lowest BCUT2D eigenvalue weighted by Gasteiger charge is -2.31. The Morgan fingerprint density at radius 2 is 1.73 bits per heavy atom. The van der Waals surface area contributed by atoms with E-state index in [1.165, 1.54) is 31.0 Å². The normalized spacial score (nSPS) is 16.7. The SMILES string of the molecule is CCc1c2c(nc3ccc(OC(=O)N(C)CCN(C)C(=O)OCc4c5c(n(C)c4C)C(=O)C=C(OC)C5=O)cc13)-c1cc3c(c(=O)n1C2)COC(=O)[C@]3(O)CC. The first-order chi connectivity index (χ1) is 26.6. The minimum Gasteiger partial charge on any atom is -0.492 e. The molecule has 56 heavy (non-hydrogen) atoms. The van der Waals surface area contributed by atoms with Crippen LogP contribution in [0.5, 0.6) is 5.75 Å². The van der Waals surface area contributed by atoms with Gasteiger partial charge in [-0.1, -0.05) is 13.8 Å². The number of fused-ring (bicyclic) bond motifs is 6. The fraction of sp³-hybridized carbons (Fsp3) is 0.375. The van der Waals surface area contributed by atoms with Crippen LogP contribution < -0.4 is 10.3 Å². The molecule has 7 rings (SSSR count). The molecule has 16 heteroatoms. The van der Waals surface area contributed by atoms with Gasteiger partial charge in [0.05, 0.1) is 41.7 Å². The predicted octanol–water partition coefficient (Wildman–Crippen LogP) is 3.90. The number of methoxy groups -OCH3 is 1. The topological polar surface area (TPSA) is 189 Å². The van der Waals surface area contributed by atoms with Gasteiger partial charge in [0.15, 0.2) is 11.4 Å². The zero-order valence-corrected chi connectivity index (χ0v) is 32.1. The van der Waals surface area contributed by atoms with Gasteiger partial charge in [0.25, 0.3) is 5.56 Å². The molecule has 0 radical (unpaired) electrons. The molecule has 3 aliphatic rings. The number of pyridine rings is 2. The van der Waals surface area contributed by atoms with E-state index in [-0.39, 0.29) is 84.5 Å². The summed E-state index contributed by atoms with van der Waals surface area (Å²) >= 11 is 0. The van der Waals surface area contributed by atoms with E-state index in [9.17, 15) is 33.9 Å². The molecule has 0 saturated carbocycles. The number of aliphatic hydroxyl groups is 1. The maximum Gasteiger partial charge on any atom is 0.415 e. The van der Waals surface area contributed by atoms with Crippen LogP contribution in [-0.4, -0.2) is 93.0 Å². The maximum absolute atomic E-state index is 13.7. The molecule has 1 N–H and O–H groups in total. The number of aryl methyl sites for hydroxylation is 1. The number of hydrogen-bond acceptors (Lipinski definition) is 12. The number of nitrogens with zero attached hydrogens (tertiary/aromatic N) is 5. The molecular weight excluding hydrogens is 726 g/mol. The minimum atomic E-state index is -1.93. The van der Waals surface area contributed by atoms with Gasteiger partial charge in [-0.05, 0) is 49.6 Å². The number of cyclic esters (lactones) is 1. The summed E-state index contributed by atoms with van der Waals surface area (Å²) in [4.78, 5) is 85.5. The molecule has 292 valence electrons. The third kappa shape index (κ3) is 5.91. The van der Waals surface area contributed by atoms with E-state index in [0.29, 0.717) is 34.6 Å². The maximum atomic E-state index is 13.7. The average molecular weight is 768 g/mol. The first kappa shape index (κ1) is 38.0. The standard InChI is InChI=1S/C40H41N5O11/c1-8-22-23-14-21(10-11-28(23)41-33-24(22)17-45-29(33)15-27-26(36(45)48)19-54-37(49)40(27,52)9-2)56-39(51)43(5)13-12-42(4)38(50)55-18-25-20(3)44(6)34-30(46)16-31(53-7)35(47)32(25)34/h10-11,14-16,52H,8-9,12-13,17-19H2,1-7H3/t40-/m0/s1. The first-order valence-corrected chi connectivity index (χ1v) is 18.1. The first-order valence-electron chi connectivity index (χ1n) is 18.1. The van der Waals surface area contributed by atoms with Crippen molar-refractivity contribution < 1.29 is 48.0 Å². The van der Waals surface area contributed by atoms with Crippen molar-refractivity contribution in [3.63, 3.8) is 0 Å². The van der Waals surface area contributed by atoms with Gasteiger partial charge in [-0.2, -0.15) is 0 Å². The fourth-order valence-electron chi connectivity index (χ4n) is 7.61. The second-order valence-corrected chi connectivity index (χ2v) is 14.1. The van der Waals surface area contributed by atoms with Crippen molar-refractivity contribution in [2.75, 3.05) is 34.3 Å². The van der Waals surface area contributed by atoms with Crippen LogP contribution in [0.25, 0.3) is 22.3 Å². The van der Waals surface area contributed by atoms with Crippen LogP contribution in [0.4, 0.5) is 9.59 Å². The number of amides is 2. The molecule has 0 bridgehead atoms. The number of likely N-dealkylation sites (N-methyl/N-ethyl adjacent to an activating group) is 2. The Labute approximate surface area is 320 Å². The molecule has 1 atom stereocenters. The number of carbonyl (C=O) groups excluding carboxylic acids is 5. The van der Waals surface area contributed by atoms with E-state index in [2.05, 4.69) is 0 Å². The number of hydrogen-bond donors (Lipinski definition) is 1. The van der Waals surface area contributed by atoms with Crippen LogP contribution in [0.2, 0.25) is 0 Å². The molecule has 5 heterocycles. The quantitative estimate of drug-likeness (QED) is 0.214. The van der Waals surface area contributed by atoms with E-state index >= 15 is 0 Å². The van der Waals surface area contributed by atoms with Gasteiger partial charge in [-0.25, -0.2) is 19.4 Å². The van der Waals surface area contributed by atoms with Crippen molar-refractivity contribution >= 4 is 40.6 Å². The highest BCUT2D eigenvalue weighted by atomic mass is 16.6. The lowest BCUT2D eigenvalue weighted by Crippen LogP contribution is -2.44. The van der Waals surface area contributed by atoms with Crippen molar-refractivity contribution in [1.82, 2.24) is 23.9 Å². The molecular formula is C40H41N5O11. The van der Waals surface area contributed by atoms with Crippen molar-refractivity contribution in [2.24, 2.45) is 7.05 Å². The van der Waals surface area contributed by atoms with Gasteiger partial charge in [-0.15, -0.1) is 0 Å². The summed E-state index contributed by atoms with van der Waals surface area (Å²) in [6.45, 7) is 5.31. The van der Waals surface area contributed by atoms with Gasteiger partial charge < -0.3 is 43.0 Å². The van der Waals surface area contributed by atoms with Gasteiger partial charge in [-0.3, -0.25) is 14.4 Å². The van der Waals surface area contributed by atoms with Gasteiger partial charge in [0.2, 0.25) is 11.6 Å². The highest BCUT2D eigenvalue weighted by Gasteiger charge is 2.45. The summed E-state index contributed by atoms with van der Waals surface area (Å²) in [5, 5.41) is 11.9. The van der Waals surface area contributed by atoms with Crippen molar-refractivity contribution in [3.05, 3.63) is 91.2 Å². The molecule has 1 aliphatic carbocycles. The van der Waals surface area contributed by atoms with E-state index in [4.69, 9.17) is 23.9 Å². The van der Waals surface area contributed by atoms with Gasteiger partial charge in [0, 0.05) is 68.1 Å². The summed E-state index contributed by atoms with van der Waals surface area (Å²) < 4.78 is 24.7. The zero-order chi connectivity index (χ0) is 40.4. The number of rotatable bonds is 9. The van der Waals surface area contributed by atoms with Gasteiger partial charge in [0.1, 0.15) is 24.7 Å². The Morgan fingerprint density at radius 3 is 2.41 bits per heavy atom. The van der Waals surface area contributed by atoms with Gasteiger partial charge >= 0.3 is 18.2 Å². The summed E-state index contributed by atoms with van der Waals surface area (Å²) in [7, 11) is 6.00. The molecule has 4 aromatic rings. The summed E-state index contributed by atoms with van der Waals surface area (Å²) in [5.41, 5.74) is 2.98. The molecule has 2 amide bonds. The number of ether oxygens (including phenoxy) is 4. The minimum absolute atomic E-state index is 0.0412. The number of benzene rings is 1. The molecule has 1 aromatic carbocycles. The monoisotopic (exact) mass is 767 g/mol. The van der Waals surface area contributed by atoms with Crippen molar-refractivity contribution in [1.29, 1.82) is 0 Å². The Bertz CT molecular complexity index is 2500. The summed E-state index contributed by atoms with van der Waals surface area (Å²) in [6.07, 6.45) is 0.400. The van der Waals surface area contributed by atoms with Crippen LogP contribution in [0.1, 0.15) is 74.6 Å². The Morgan fingerprint density at radius 1 is 1.02 bits per heavy atom. The number of esters is 1. The number of aromatic nitrogens is 3. The third-order valence-corrected chi connectivity index (χ3v) is 11.1. The van der Waals surface area contributed by atoms with Crippen LogP contribution >= 0.6 is 0 Å². The third-order valence-electron chi connectivity index (χ3n) is 11.1. The molecule has 16 nitrogen and oxygen atoms in total. The van der Waals surface area contributed by atoms with Crippen LogP contribution in [0.15, 0.2) is 40.9 Å². The van der Waals surface area contributed by atoms with Crippen molar-refractivity contribution in [3.8, 4) is 17.1 Å². The molecule has 2 aliphatic heterocycles. The number of carbonyl (C=O) groups is 5. The Kier molecular flexibility index (Phi) is 9.56. The fourth-order valence-corrected chi connectivity index (χ4v) is 7.61. The largest absolute Gasteiger partial charge is 0.492 e. The molecule has 0 spiro atoms. The predicted molar refractivity (Wildman–Crippen MR) is 199 cm³/mol. The molecule has 3 aromatic heterocycles. The Balaban J connectivity index is 1.02. The summed E-state index contributed by atoms with van der Waals surface area (Å²) in [5.74, 6) is -1.46. The zero-order valence-electron chi connectivity index (χ0n) is 32.1. The molecule has 0 saturated heterocycles.